The van der Waals surface area contributed by atoms with Gasteiger partial charge < -0.3 is 19.0 Å². The zero-order valence-electron chi connectivity index (χ0n) is 16.0. The van der Waals surface area contributed by atoms with Crippen LogP contribution in [0.1, 0.15) is 27.7 Å². The molecule has 0 bridgehead atoms. The number of esters is 3. The van der Waals surface area contributed by atoms with Crippen LogP contribution in [-0.2, 0) is 38.2 Å². The predicted molar refractivity (Wildman–Crippen MR) is 93.2 cm³/mol. The highest BCUT2D eigenvalue weighted by atomic mass is 16.6. The number of carbonyl (C=O) groups excluding carboxylic acids is 5. The third kappa shape index (κ3) is 4.81. The number of hydrogen-bond acceptors (Lipinski definition) is 8. The van der Waals surface area contributed by atoms with Gasteiger partial charge in [-0.2, -0.15) is 0 Å². The van der Waals surface area contributed by atoms with E-state index in [9.17, 15) is 24.0 Å². The van der Waals surface area contributed by atoms with E-state index in [4.69, 9.17) is 14.2 Å². The van der Waals surface area contributed by atoms with Gasteiger partial charge in [0.1, 0.15) is 12.2 Å². The average Bonchev–Trinajstić information content (AvgIpc) is 2.88. The van der Waals surface area contributed by atoms with E-state index in [0.29, 0.717) is 6.29 Å². The standard InChI is InChI=1S/C19H26O8/c1-5-9-11-12(10-20)13(16(21)14(11)17(22)25-6-2)15(18(23)26-7-3)19(24)27-8-4/h5,9-15H,6-8H2,1-4H3/b9-5+/t11-,12-,13-,14+/m1/s1. The number of rotatable bonds is 9. The second-order valence-electron chi connectivity index (χ2n) is 5.96. The molecule has 27 heavy (non-hydrogen) atoms. The molecular weight excluding hydrogens is 356 g/mol. The van der Waals surface area contributed by atoms with Crippen molar-refractivity contribution in [2.75, 3.05) is 19.8 Å². The summed E-state index contributed by atoms with van der Waals surface area (Å²) in [5, 5.41) is 0. The Hall–Kier alpha value is -2.51. The third-order valence-corrected chi connectivity index (χ3v) is 4.43. The molecule has 0 aromatic carbocycles. The molecule has 8 heteroatoms. The smallest absolute Gasteiger partial charge is 0.321 e. The van der Waals surface area contributed by atoms with E-state index in [1.165, 1.54) is 0 Å². The maximum atomic E-state index is 13.0. The highest BCUT2D eigenvalue weighted by molar-refractivity contribution is 6.09. The molecule has 0 saturated heterocycles. The van der Waals surface area contributed by atoms with Crippen molar-refractivity contribution in [3.63, 3.8) is 0 Å². The Balaban J connectivity index is 3.43. The molecule has 0 heterocycles. The first-order valence-electron chi connectivity index (χ1n) is 9.01. The van der Waals surface area contributed by atoms with Crippen LogP contribution in [0.15, 0.2) is 12.2 Å². The molecule has 0 aromatic rings. The first-order valence-corrected chi connectivity index (χ1v) is 9.01. The van der Waals surface area contributed by atoms with Crippen LogP contribution in [0.4, 0.5) is 0 Å². The summed E-state index contributed by atoms with van der Waals surface area (Å²) in [6, 6.07) is 0. The highest BCUT2D eigenvalue weighted by Crippen LogP contribution is 2.44. The van der Waals surface area contributed by atoms with E-state index in [0.717, 1.165) is 0 Å². The normalized spacial score (nSPS) is 24.9. The molecule has 0 radical (unpaired) electrons. The molecule has 1 aliphatic carbocycles. The quantitative estimate of drug-likeness (QED) is 0.192. The molecule has 0 unspecified atom stereocenters. The van der Waals surface area contributed by atoms with Crippen LogP contribution in [0.3, 0.4) is 0 Å². The third-order valence-electron chi connectivity index (χ3n) is 4.43. The molecule has 1 fully saturated rings. The van der Waals surface area contributed by atoms with Crippen LogP contribution in [0.5, 0.6) is 0 Å². The summed E-state index contributed by atoms with van der Waals surface area (Å²) in [6.07, 6.45) is 3.65. The fourth-order valence-corrected chi connectivity index (χ4v) is 3.43. The Bertz CT molecular complexity index is 591. The number of ketones is 1. The van der Waals surface area contributed by atoms with E-state index in [1.54, 1.807) is 39.8 Å². The van der Waals surface area contributed by atoms with Gasteiger partial charge in [0.15, 0.2) is 11.7 Å². The van der Waals surface area contributed by atoms with Gasteiger partial charge in [-0.3, -0.25) is 19.2 Å². The Morgan fingerprint density at radius 1 is 0.963 bits per heavy atom. The zero-order valence-corrected chi connectivity index (χ0v) is 16.0. The maximum absolute atomic E-state index is 13.0. The molecule has 1 aliphatic rings. The van der Waals surface area contributed by atoms with Crippen LogP contribution in [0, 0.1) is 29.6 Å². The van der Waals surface area contributed by atoms with E-state index < -0.39 is 53.3 Å². The minimum atomic E-state index is -1.61. The number of allylic oxidation sites excluding steroid dienone is 2. The first kappa shape index (κ1) is 22.5. The van der Waals surface area contributed by atoms with Gasteiger partial charge in [-0.05, 0) is 27.7 Å². The van der Waals surface area contributed by atoms with Crippen molar-refractivity contribution < 1.29 is 38.2 Å². The van der Waals surface area contributed by atoms with Crippen LogP contribution in [0.25, 0.3) is 0 Å². The topological polar surface area (TPSA) is 113 Å². The van der Waals surface area contributed by atoms with Gasteiger partial charge in [0.25, 0.3) is 0 Å². The highest BCUT2D eigenvalue weighted by Gasteiger charge is 2.58. The van der Waals surface area contributed by atoms with Crippen LogP contribution < -0.4 is 0 Å². The van der Waals surface area contributed by atoms with Gasteiger partial charge >= 0.3 is 17.9 Å². The number of aldehydes is 1. The molecule has 0 amide bonds. The lowest BCUT2D eigenvalue weighted by Crippen LogP contribution is -2.40. The van der Waals surface area contributed by atoms with Crippen LogP contribution in [0.2, 0.25) is 0 Å². The summed E-state index contributed by atoms with van der Waals surface area (Å²) in [7, 11) is 0. The predicted octanol–water partition coefficient (Wildman–Crippen LogP) is 1.11. The summed E-state index contributed by atoms with van der Waals surface area (Å²) >= 11 is 0. The molecular formula is C19H26O8. The minimum absolute atomic E-state index is 0.0129. The summed E-state index contributed by atoms with van der Waals surface area (Å²) in [5.41, 5.74) is 0. The van der Waals surface area contributed by atoms with Crippen molar-refractivity contribution in [2.45, 2.75) is 27.7 Å². The van der Waals surface area contributed by atoms with E-state index in [1.807, 2.05) is 0 Å². The van der Waals surface area contributed by atoms with Crippen molar-refractivity contribution in [1.82, 2.24) is 0 Å². The lowest BCUT2D eigenvalue weighted by atomic mass is 9.81. The Morgan fingerprint density at radius 3 is 1.89 bits per heavy atom. The fraction of sp³-hybridized carbons (Fsp3) is 0.632. The molecule has 0 aliphatic heterocycles. The van der Waals surface area contributed by atoms with Gasteiger partial charge in [-0.25, -0.2) is 0 Å². The Morgan fingerprint density at radius 2 is 1.48 bits per heavy atom. The monoisotopic (exact) mass is 382 g/mol. The molecule has 1 rings (SSSR count). The SMILES string of the molecule is C/C=C/[C@H]1[C@H](C(=O)OCC)C(=O)[C@@H](C(C(=O)OCC)C(=O)OCC)[C@@H]1C=O. The van der Waals surface area contributed by atoms with Crippen LogP contribution in [-0.4, -0.2) is 49.8 Å². The zero-order chi connectivity index (χ0) is 20.6. The van der Waals surface area contributed by atoms with Crippen molar-refractivity contribution >= 4 is 30.0 Å². The summed E-state index contributed by atoms with van der Waals surface area (Å²) in [6.45, 7) is 6.41. The van der Waals surface area contributed by atoms with Crippen LogP contribution >= 0.6 is 0 Å². The van der Waals surface area contributed by atoms with Gasteiger partial charge in [0, 0.05) is 11.8 Å². The van der Waals surface area contributed by atoms with E-state index in [2.05, 4.69) is 0 Å². The number of ether oxygens (including phenoxy) is 3. The molecule has 0 N–H and O–H groups in total. The van der Waals surface area contributed by atoms with Crippen molar-refractivity contribution in [3.05, 3.63) is 12.2 Å². The van der Waals surface area contributed by atoms with Crippen molar-refractivity contribution in [3.8, 4) is 0 Å². The lowest BCUT2D eigenvalue weighted by Gasteiger charge is -2.23. The van der Waals surface area contributed by atoms with Gasteiger partial charge in [-0.1, -0.05) is 12.2 Å². The Kier molecular flexibility index (Phi) is 8.84. The maximum Gasteiger partial charge on any atom is 0.321 e. The summed E-state index contributed by atoms with van der Waals surface area (Å²) < 4.78 is 14.8. The van der Waals surface area contributed by atoms with Gasteiger partial charge in [0.2, 0.25) is 0 Å². The summed E-state index contributed by atoms with van der Waals surface area (Å²) in [5.74, 6) is -9.48. The number of hydrogen-bond donors (Lipinski definition) is 0. The van der Waals surface area contributed by atoms with Crippen molar-refractivity contribution in [1.29, 1.82) is 0 Å². The van der Waals surface area contributed by atoms with E-state index in [-0.39, 0.29) is 19.8 Å². The molecule has 8 nitrogen and oxygen atoms in total. The molecule has 4 atom stereocenters. The number of Topliss-reactive ketones (excluding diaryl/α,β-unsaturated/α-hetero) is 1. The average molecular weight is 382 g/mol. The van der Waals surface area contributed by atoms with E-state index >= 15 is 0 Å². The summed E-state index contributed by atoms with van der Waals surface area (Å²) in [4.78, 5) is 61.9. The lowest BCUT2D eigenvalue weighted by molar-refractivity contribution is -0.167. The molecule has 0 spiro atoms. The largest absolute Gasteiger partial charge is 0.465 e. The second kappa shape index (κ2) is 10.6. The second-order valence-corrected chi connectivity index (χ2v) is 5.96. The van der Waals surface area contributed by atoms with Gasteiger partial charge in [-0.15, -0.1) is 0 Å². The molecule has 0 aromatic heterocycles. The van der Waals surface area contributed by atoms with Gasteiger partial charge in [0.05, 0.1) is 25.7 Å². The molecule has 1 saturated carbocycles. The molecule has 150 valence electrons. The Labute approximate surface area is 158 Å². The first-order chi connectivity index (χ1) is 12.9. The van der Waals surface area contributed by atoms with Crippen molar-refractivity contribution in [2.24, 2.45) is 29.6 Å². The fourth-order valence-electron chi connectivity index (χ4n) is 3.43. The number of carbonyl (C=O) groups is 5. The minimum Gasteiger partial charge on any atom is -0.465 e.